The summed E-state index contributed by atoms with van der Waals surface area (Å²) in [6, 6.07) is 3.47. The van der Waals surface area contributed by atoms with Crippen molar-refractivity contribution in [2.45, 2.75) is 55.4 Å². The number of aromatic carboxylic acids is 2. The maximum absolute atomic E-state index is 10.8. The molecule has 0 unspecified atom stereocenters. The smallest absolute Gasteiger partial charge is 0.335 e. The minimum absolute atomic E-state index is 0. The molecular formula is C22H28O4Zn. The van der Waals surface area contributed by atoms with Crippen molar-refractivity contribution < 1.29 is 39.3 Å². The van der Waals surface area contributed by atoms with Gasteiger partial charge in [0.1, 0.15) is 0 Å². The molecule has 2 rings (SSSR count). The first kappa shape index (κ1) is 25.0. The Morgan fingerprint density at radius 3 is 1.04 bits per heavy atom. The Labute approximate surface area is 174 Å². The van der Waals surface area contributed by atoms with Crippen LogP contribution in [0.4, 0.5) is 0 Å². The number of hydrogen-bond acceptors (Lipinski definition) is 2. The van der Waals surface area contributed by atoms with Crippen LogP contribution < -0.4 is 0 Å². The summed E-state index contributed by atoms with van der Waals surface area (Å²) in [6.45, 7) is 15.5. The second-order valence-electron chi connectivity index (χ2n) is 6.84. The van der Waals surface area contributed by atoms with E-state index in [0.717, 1.165) is 33.4 Å². The minimum atomic E-state index is -0.844. The van der Waals surface area contributed by atoms with Gasteiger partial charge in [0, 0.05) is 19.5 Å². The Morgan fingerprint density at radius 1 is 0.556 bits per heavy atom. The molecule has 27 heavy (non-hydrogen) atoms. The quantitative estimate of drug-likeness (QED) is 0.651. The SMILES string of the molecule is Cc1cc(C(=O)O)c(C)c(C)c1C.Cc1cc(C(=O)O)c(C)c(C)c1C.[Zn]. The maximum atomic E-state index is 10.8. The molecule has 0 radical (unpaired) electrons. The van der Waals surface area contributed by atoms with Gasteiger partial charge in [-0.25, -0.2) is 9.59 Å². The van der Waals surface area contributed by atoms with Crippen LogP contribution in [0.2, 0.25) is 0 Å². The summed E-state index contributed by atoms with van der Waals surface area (Å²) in [6.07, 6.45) is 0. The van der Waals surface area contributed by atoms with E-state index in [-0.39, 0.29) is 19.5 Å². The average molecular weight is 422 g/mol. The Morgan fingerprint density at radius 2 is 0.815 bits per heavy atom. The summed E-state index contributed by atoms with van der Waals surface area (Å²) in [5.74, 6) is -1.69. The van der Waals surface area contributed by atoms with Crippen LogP contribution in [0.25, 0.3) is 0 Å². The molecule has 0 fully saturated rings. The number of aryl methyl sites for hydroxylation is 2. The van der Waals surface area contributed by atoms with Gasteiger partial charge in [-0.2, -0.15) is 0 Å². The predicted molar refractivity (Wildman–Crippen MR) is 105 cm³/mol. The maximum Gasteiger partial charge on any atom is 0.335 e. The topological polar surface area (TPSA) is 74.6 Å². The molecule has 0 aliphatic heterocycles. The summed E-state index contributed by atoms with van der Waals surface area (Å²) < 4.78 is 0. The molecule has 0 bridgehead atoms. The van der Waals surface area contributed by atoms with Crippen LogP contribution in [0.15, 0.2) is 12.1 Å². The van der Waals surface area contributed by atoms with Crippen LogP contribution in [-0.4, -0.2) is 22.2 Å². The summed E-state index contributed by atoms with van der Waals surface area (Å²) >= 11 is 0. The third-order valence-electron chi connectivity index (χ3n) is 5.42. The number of carboxylic acids is 2. The Bertz CT molecular complexity index is 809. The number of benzene rings is 2. The summed E-state index contributed by atoms with van der Waals surface area (Å²) in [5.41, 5.74) is 9.19. The van der Waals surface area contributed by atoms with E-state index in [1.165, 1.54) is 11.1 Å². The molecule has 0 atom stereocenters. The van der Waals surface area contributed by atoms with Crippen LogP contribution in [0.3, 0.4) is 0 Å². The van der Waals surface area contributed by atoms with E-state index in [1.54, 1.807) is 12.1 Å². The summed E-state index contributed by atoms with van der Waals surface area (Å²) in [5, 5.41) is 17.8. The molecule has 2 aromatic rings. The molecule has 0 spiro atoms. The molecule has 0 aliphatic carbocycles. The van der Waals surface area contributed by atoms with Gasteiger partial charge in [0.25, 0.3) is 0 Å². The van der Waals surface area contributed by atoms with Gasteiger partial charge in [-0.1, -0.05) is 0 Å². The van der Waals surface area contributed by atoms with E-state index in [1.807, 2.05) is 55.4 Å². The third-order valence-corrected chi connectivity index (χ3v) is 5.42. The van der Waals surface area contributed by atoms with Crippen molar-refractivity contribution in [3.8, 4) is 0 Å². The Balaban J connectivity index is 0.000000483. The van der Waals surface area contributed by atoms with E-state index >= 15 is 0 Å². The van der Waals surface area contributed by atoms with E-state index in [4.69, 9.17) is 10.2 Å². The molecule has 142 valence electrons. The number of carbonyl (C=O) groups is 2. The van der Waals surface area contributed by atoms with E-state index < -0.39 is 11.9 Å². The van der Waals surface area contributed by atoms with Crippen LogP contribution in [0, 0.1) is 55.4 Å². The first-order valence-corrected chi connectivity index (χ1v) is 8.51. The van der Waals surface area contributed by atoms with E-state index in [2.05, 4.69) is 0 Å². The first-order chi connectivity index (χ1) is 11.9. The van der Waals surface area contributed by atoms with Crippen molar-refractivity contribution in [3.05, 3.63) is 67.8 Å². The van der Waals surface area contributed by atoms with Gasteiger partial charge >= 0.3 is 11.9 Å². The minimum Gasteiger partial charge on any atom is -0.478 e. The van der Waals surface area contributed by atoms with Crippen LogP contribution in [-0.2, 0) is 19.5 Å². The van der Waals surface area contributed by atoms with Crippen molar-refractivity contribution in [3.63, 3.8) is 0 Å². The number of carboxylic acid groups (broad SMARTS) is 2. The Kier molecular flexibility index (Phi) is 9.07. The summed E-state index contributed by atoms with van der Waals surface area (Å²) in [4.78, 5) is 21.7. The van der Waals surface area contributed by atoms with Crippen LogP contribution in [0.1, 0.15) is 65.2 Å². The Hall–Kier alpha value is -2.00. The number of rotatable bonds is 2. The zero-order chi connectivity index (χ0) is 20.3. The fraction of sp³-hybridized carbons (Fsp3) is 0.364. The fourth-order valence-electron chi connectivity index (χ4n) is 2.87. The third kappa shape index (κ3) is 5.49. The van der Waals surface area contributed by atoms with Crippen molar-refractivity contribution in [2.24, 2.45) is 0 Å². The van der Waals surface area contributed by atoms with Crippen molar-refractivity contribution in [2.75, 3.05) is 0 Å². The van der Waals surface area contributed by atoms with Gasteiger partial charge in [-0.3, -0.25) is 0 Å². The monoisotopic (exact) mass is 420 g/mol. The van der Waals surface area contributed by atoms with Crippen molar-refractivity contribution in [1.29, 1.82) is 0 Å². The van der Waals surface area contributed by atoms with Gasteiger partial charge < -0.3 is 10.2 Å². The molecule has 5 heteroatoms. The average Bonchev–Trinajstić information content (AvgIpc) is 2.57. The van der Waals surface area contributed by atoms with Gasteiger partial charge in [0.2, 0.25) is 0 Å². The zero-order valence-electron chi connectivity index (χ0n) is 17.6. The first-order valence-electron chi connectivity index (χ1n) is 8.51. The molecular weight excluding hydrogens is 394 g/mol. The second-order valence-corrected chi connectivity index (χ2v) is 6.84. The van der Waals surface area contributed by atoms with E-state index in [0.29, 0.717) is 11.1 Å². The molecule has 4 nitrogen and oxygen atoms in total. The number of hydrogen-bond donors (Lipinski definition) is 2. The van der Waals surface area contributed by atoms with Crippen molar-refractivity contribution in [1.82, 2.24) is 0 Å². The van der Waals surface area contributed by atoms with Gasteiger partial charge in [0.05, 0.1) is 11.1 Å². The summed E-state index contributed by atoms with van der Waals surface area (Å²) in [7, 11) is 0. The predicted octanol–water partition coefficient (Wildman–Crippen LogP) is 5.23. The molecule has 0 heterocycles. The molecule has 2 N–H and O–H groups in total. The van der Waals surface area contributed by atoms with E-state index in [9.17, 15) is 9.59 Å². The fourth-order valence-corrected chi connectivity index (χ4v) is 2.87. The van der Waals surface area contributed by atoms with Crippen LogP contribution in [0.5, 0.6) is 0 Å². The molecule has 0 amide bonds. The molecule has 2 aromatic carbocycles. The van der Waals surface area contributed by atoms with Gasteiger partial charge in [0.15, 0.2) is 0 Å². The molecule has 0 aliphatic rings. The normalized spacial score (nSPS) is 9.78. The molecule has 0 aromatic heterocycles. The zero-order valence-corrected chi connectivity index (χ0v) is 20.5. The van der Waals surface area contributed by atoms with Gasteiger partial charge in [-0.05, 0) is 112 Å². The second kappa shape index (κ2) is 9.80. The van der Waals surface area contributed by atoms with Gasteiger partial charge in [-0.15, -0.1) is 0 Å². The van der Waals surface area contributed by atoms with Crippen LogP contribution >= 0.6 is 0 Å². The largest absolute Gasteiger partial charge is 0.478 e. The van der Waals surface area contributed by atoms with Crippen molar-refractivity contribution >= 4 is 11.9 Å². The molecule has 0 saturated heterocycles. The standard InChI is InChI=1S/2C11H14O2.Zn/c2*1-6-5-10(11(12)13)9(4)8(3)7(6)2;/h2*5H,1-4H3,(H,12,13);. The molecule has 0 saturated carbocycles.